The van der Waals surface area contributed by atoms with Gasteiger partial charge in [0.15, 0.2) is 6.23 Å². The number of nitrogens with two attached hydrogens (primary N) is 1. The van der Waals surface area contributed by atoms with Crippen LogP contribution in [0.5, 0.6) is 5.75 Å². The maximum Gasteiger partial charge on any atom is 0.247 e. The molecule has 0 saturated carbocycles. The lowest BCUT2D eigenvalue weighted by Crippen LogP contribution is -2.75. The number of aromatic hydroxyl groups is 1. The average molecular weight is 482 g/mol. The first-order valence-corrected chi connectivity index (χ1v) is 11.0. The minimum Gasteiger partial charge on any atom is -0.508 e. The SMILES string of the molecule is N[C@@H](Cc1ccc(O)cc1)C(=O)NC(C(=O)N1CCOCC1)[C@H]1[C@H](O)[C@]2(O)CO[C@@H]([C@@H]2O)N1O. The lowest BCUT2D eigenvalue weighted by molar-refractivity contribution is -0.298. The van der Waals surface area contributed by atoms with E-state index in [0.29, 0.717) is 10.6 Å². The number of benzene rings is 1. The first-order chi connectivity index (χ1) is 16.1. The van der Waals surface area contributed by atoms with Gasteiger partial charge in [0.1, 0.15) is 29.6 Å². The Morgan fingerprint density at radius 3 is 2.47 bits per heavy atom. The second kappa shape index (κ2) is 9.71. The van der Waals surface area contributed by atoms with Gasteiger partial charge in [-0.15, -0.1) is 0 Å². The number of piperidine rings is 1. The predicted octanol–water partition coefficient (Wildman–Crippen LogP) is -3.51. The number of carbonyl (C=O) groups excluding carboxylic acids is 2. The first-order valence-electron chi connectivity index (χ1n) is 11.0. The van der Waals surface area contributed by atoms with Crippen molar-refractivity contribution in [2.45, 2.75) is 48.6 Å². The summed E-state index contributed by atoms with van der Waals surface area (Å²) in [6.07, 6.45) is -4.78. The van der Waals surface area contributed by atoms with Crippen LogP contribution in [-0.4, -0.2) is 122 Å². The second-order valence-corrected chi connectivity index (χ2v) is 8.85. The smallest absolute Gasteiger partial charge is 0.247 e. The van der Waals surface area contributed by atoms with Gasteiger partial charge in [-0.05, 0) is 24.1 Å². The molecule has 2 bridgehead atoms. The van der Waals surface area contributed by atoms with Crippen LogP contribution in [0.2, 0.25) is 0 Å². The molecule has 0 aliphatic carbocycles. The molecular formula is C21H30N4O9. The zero-order chi connectivity index (χ0) is 24.6. The Labute approximate surface area is 195 Å². The van der Waals surface area contributed by atoms with Crippen LogP contribution in [0, 0.1) is 0 Å². The largest absolute Gasteiger partial charge is 0.508 e. The summed E-state index contributed by atoms with van der Waals surface area (Å²) in [5.41, 5.74) is 4.58. The molecule has 1 aromatic rings. The molecule has 0 radical (unpaired) electrons. The fraction of sp³-hybridized carbons (Fsp3) is 0.619. The van der Waals surface area contributed by atoms with Gasteiger partial charge in [0.25, 0.3) is 0 Å². The van der Waals surface area contributed by atoms with E-state index in [9.17, 15) is 35.2 Å². The number of aliphatic hydroxyl groups excluding tert-OH is 2. The number of morpholine rings is 1. The number of rotatable bonds is 6. The van der Waals surface area contributed by atoms with Gasteiger partial charge in [0, 0.05) is 13.1 Å². The van der Waals surface area contributed by atoms with Crippen molar-refractivity contribution in [2.24, 2.45) is 5.73 Å². The van der Waals surface area contributed by atoms with Gasteiger partial charge in [-0.3, -0.25) is 9.59 Å². The molecule has 3 heterocycles. The number of fused-ring (bicyclic) bond motifs is 2. The van der Waals surface area contributed by atoms with E-state index < -0.39 is 60.6 Å². The van der Waals surface area contributed by atoms with Crippen LogP contribution in [0.4, 0.5) is 0 Å². The summed E-state index contributed by atoms with van der Waals surface area (Å²) >= 11 is 0. The highest BCUT2D eigenvalue weighted by Crippen LogP contribution is 2.39. The summed E-state index contributed by atoms with van der Waals surface area (Å²) in [5, 5.41) is 55.1. The molecule has 4 rings (SSSR count). The fourth-order valence-corrected chi connectivity index (χ4v) is 4.58. The maximum absolute atomic E-state index is 13.4. The van der Waals surface area contributed by atoms with E-state index >= 15 is 0 Å². The number of nitrogens with zero attached hydrogens (tertiary/aromatic N) is 2. The number of amides is 2. The zero-order valence-electron chi connectivity index (χ0n) is 18.4. The Morgan fingerprint density at radius 1 is 1.18 bits per heavy atom. The molecule has 188 valence electrons. The monoisotopic (exact) mass is 482 g/mol. The number of hydroxylamine groups is 2. The molecule has 3 aliphatic heterocycles. The minimum absolute atomic E-state index is 0.0595. The number of aliphatic hydroxyl groups is 3. The van der Waals surface area contributed by atoms with Crippen LogP contribution in [0.3, 0.4) is 0 Å². The molecular weight excluding hydrogens is 452 g/mol. The van der Waals surface area contributed by atoms with Crippen molar-refractivity contribution in [1.82, 2.24) is 15.3 Å². The van der Waals surface area contributed by atoms with Crippen molar-refractivity contribution in [1.29, 1.82) is 0 Å². The summed E-state index contributed by atoms with van der Waals surface area (Å²) < 4.78 is 10.5. The number of phenolic OH excluding ortho intramolecular Hbond substituents is 1. The van der Waals surface area contributed by atoms with Gasteiger partial charge in [0.05, 0.1) is 31.9 Å². The van der Waals surface area contributed by atoms with Crippen molar-refractivity contribution < 1.29 is 44.7 Å². The number of carbonyl (C=O) groups is 2. The molecule has 7 atom stereocenters. The molecule has 13 nitrogen and oxygen atoms in total. The number of hydrogen-bond acceptors (Lipinski definition) is 11. The third-order valence-corrected chi connectivity index (χ3v) is 6.63. The van der Waals surface area contributed by atoms with Crippen molar-refractivity contribution in [3.05, 3.63) is 29.8 Å². The maximum atomic E-state index is 13.4. The van der Waals surface area contributed by atoms with Crippen molar-refractivity contribution in [3.63, 3.8) is 0 Å². The summed E-state index contributed by atoms with van der Waals surface area (Å²) in [6.45, 7) is 0.534. The summed E-state index contributed by atoms with van der Waals surface area (Å²) in [7, 11) is 0. The first kappa shape index (κ1) is 24.8. The van der Waals surface area contributed by atoms with Crippen LogP contribution >= 0.6 is 0 Å². The number of ether oxygens (including phenoxy) is 2. The van der Waals surface area contributed by atoms with Crippen LogP contribution in [-0.2, 0) is 25.5 Å². The van der Waals surface area contributed by atoms with Crippen LogP contribution < -0.4 is 11.1 Å². The van der Waals surface area contributed by atoms with Crippen molar-refractivity contribution in [2.75, 3.05) is 32.9 Å². The standard InChI is InChI=1S/C21H30N4O9/c22-13(9-11-1-3-12(26)4-2-11)18(29)23-14(19(30)24-5-7-33-8-6-24)15-16(27)21(31)10-34-20(17(21)28)25(15)32/h1-4,13-17,20,26-28,31-32H,5-10,22H2,(H,23,29)/t13-,14?,15-,16-,17-,20-,21+/m0/s1. The van der Waals surface area contributed by atoms with Gasteiger partial charge in [0.2, 0.25) is 11.8 Å². The molecule has 3 aliphatic rings. The quantitative estimate of drug-likeness (QED) is 0.212. The van der Waals surface area contributed by atoms with Crippen molar-refractivity contribution >= 4 is 11.8 Å². The Bertz CT molecular complexity index is 897. The fourth-order valence-electron chi connectivity index (χ4n) is 4.58. The van der Waals surface area contributed by atoms with E-state index in [0.717, 1.165) is 0 Å². The third kappa shape index (κ3) is 4.48. The number of phenols is 1. The van der Waals surface area contributed by atoms with Gasteiger partial charge < -0.3 is 51.1 Å². The van der Waals surface area contributed by atoms with E-state index in [2.05, 4.69) is 5.32 Å². The lowest BCUT2D eigenvalue weighted by Gasteiger charge is -2.47. The van der Waals surface area contributed by atoms with Gasteiger partial charge in [-0.2, -0.15) is 5.06 Å². The Kier molecular flexibility index (Phi) is 7.07. The van der Waals surface area contributed by atoms with E-state index in [1.54, 1.807) is 12.1 Å². The van der Waals surface area contributed by atoms with E-state index in [4.69, 9.17) is 15.2 Å². The molecule has 1 unspecified atom stereocenters. The molecule has 0 aromatic heterocycles. The van der Waals surface area contributed by atoms with Crippen molar-refractivity contribution in [3.8, 4) is 5.75 Å². The summed E-state index contributed by atoms with van der Waals surface area (Å²) in [6, 6.07) is 1.97. The topological polar surface area (TPSA) is 198 Å². The number of nitrogens with one attached hydrogen (secondary N) is 1. The Hall–Kier alpha value is -2.36. The normalized spacial score (nSPS) is 33.4. The van der Waals surface area contributed by atoms with Gasteiger partial charge in [-0.1, -0.05) is 12.1 Å². The number of hydrogen-bond donors (Lipinski definition) is 7. The predicted molar refractivity (Wildman–Crippen MR) is 113 cm³/mol. The van der Waals surface area contributed by atoms with Gasteiger partial charge >= 0.3 is 0 Å². The molecule has 3 fully saturated rings. The molecule has 34 heavy (non-hydrogen) atoms. The van der Waals surface area contributed by atoms with E-state index in [-0.39, 0.29) is 38.5 Å². The molecule has 13 heteroatoms. The molecule has 1 aromatic carbocycles. The van der Waals surface area contributed by atoms with Gasteiger partial charge in [-0.25, -0.2) is 0 Å². The van der Waals surface area contributed by atoms with Crippen LogP contribution in [0.1, 0.15) is 5.56 Å². The van der Waals surface area contributed by atoms with Crippen LogP contribution in [0.15, 0.2) is 24.3 Å². The zero-order valence-corrected chi connectivity index (χ0v) is 18.4. The lowest BCUT2D eigenvalue weighted by atomic mass is 9.80. The Balaban J connectivity index is 1.57. The van der Waals surface area contributed by atoms with E-state index in [1.165, 1.54) is 17.0 Å². The molecule has 2 amide bonds. The minimum atomic E-state index is -2.14. The Morgan fingerprint density at radius 2 is 1.82 bits per heavy atom. The van der Waals surface area contributed by atoms with Crippen LogP contribution in [0.25, 0.3) is 0 Å². The molecule has 0 spiro atoms. The highest BCUT2D eigenvalue weighted by molar-refractivity contribution is 5.90. The molecule has 3 saturated heterocycles. The summed E-state index contributed by atoms with van der Waals surface area (Å²) in [5.74, 6) is -1.29. The third-order valence-electron chi connectivity index (χ3n) is 6.63. The van der Waals surface area contributed by atoms with E-state index in [1.807, 2.05) is 0 Å². The highest BCUT2D eigenvalue weighted by atomic mass is 16.6. The molecule has 8 N–H and O–H groups in total. The highest BCUT2D eigenvalue weighted by Gasteiger charge is 2.65. The average Bonchev–Trinajstić information content (AvgIpc) is 3.09. The summed E-state index contributed by atoms with van der Waals surface area (Å²) in [4.78, 5) is 27.8. The second-order valence-electron chi connectivity index (χ2n) is 8.85.